The highest BCUT2D eigenvalue weighted by atomic mass is 16.5. The van der Waals surface area contributed by atoms with Crippen LogP contribution in [-0.2, 0) is 20.9 Å². The van der Waals surface area contributed by atoms with Gasteiger partial charge < -0.3 is 30.7 Å². The molecule has 10 heteroatoms. The second kappa shape index (κ2) is 10.8. The smallest absolute Gasteiger partial charge is 0.445 e. The minimum Gasteiger partial charge on any atom is -0.445 e. The third-order valence-electron chi connectivity index (χ3n) is 3.87. The average molecular weight is 399 g/mol. The van der Waals surface area contributed by atoms with E-state index in [1.807, 2.05) is 18.2 Å². The molecule has 0 saturated heterocycles. The van der Waals surface area contributed by atoms with Crippen LogP contribution in [0.4, 0.5) is 10.5 Å². The number of amides is 3. The van der Waals surface area contributed by atoms with E-state index in [-0.39, 0.29) is 24.3 Å². The molecule has 0 aliphatic heterocycles. The summed E-state index contributed by atoms with van der Waals surface area (Å²) in [7, 11) is -1.75. The molecule has 0 aliphatic carbocycles. The summed E-state index contributed by atoms with van der Waals surface area (Å²) in [5.41, 5.74) is 1.16. The van der Waals surface area contributed by atoms with Crippen molar-refractivity contribution >= 4 is 36.2 Å². The van der Waals surface area contributed by atoms with Gasteiger partial charge in [0.15, 0.2) is 0 Å². The van der Waals surface area contributed by atoms with Crippen LogP contribution in [0.5, 0.6) is 0 Å². The summed E-state index contributed by atoms with van der Waals surface area (Å²) in [4.78, 5) is 35.8. The zero-order chi connectivity index (χ0) is 21.2. The summed E-state index contributed by atoms with van der Waals surface area (Å²) in [6.45, 7) is 1.17. The van der Waals surface area contributed by atoms with Crippen molar-refractivity contribution in [3.63, 3.8) is 0 Å². The van der Waals surface area contributed by atoms with Crippen LogP contribution in [0.3, 0.4) is 0 Å². The molecule has 0 unspecified atom stereocenters. The number of benzene rings is 2. The lowest BCUT2D eigenvalue weighted by atomic mass is 9.79. The summed E-state index contributed by atoms with van der Waals surface area (Å²) in [5, 5.41) is 25.9. The van der Waals surface area contributed by atoms with Crippen LogP contribution in [0.2, 0.25) is 0 Å². The number of carbonyl (C=O) groups excluding carboxylic acids is 3. The molecule has 3 amide bonds. The van der Waals surface area contributed by atoms with Gasteiger partial charge in [-0.25, -0.2) is 4.79 Å². The lowest BCUT2D eigenvalue weighted by Crippen LogP contribution is -2.46. The number of hydrogen-bond donors (Lipinski definition) is 5. The fourth-order valence-electron chi connectivity index (χ4n) is 2.36. The molecule has 0 radical (unpaired) electrons. The van der Waals surface area contributed by atoms with Gasteiger partial charge in [0, 0.05) is 11.2 Å². The topological polar surface area (TPSA) is 137 Å². The maximum absolute atomic E-state index is 12.2. The molecule has 5 N–H and O–H groups in total. The first-order valence-corrected chi connectivity index (χ1v) is 8.86. The number of carbonyl (C=O) groups is 3. The van der Waals surface area contributed by atoms with Crippen LogP contribution in [0, 0.1) is 0 Å². The van der Waals surface area contributed by atoms with Crippen molar-refractivity contribution < 1.29 is 29.2 Å². The molecule has 2 aromatic rings. The molecule has 2 aromatic carbocycles. The van der Waals surface area contributed by atoms with Gasteiger partial charge in [0.1, 0.15) is 19.2 Å². The Bertz CT molecular complexity index is 847. The largest absolute Gasteiger partial charge is 0.490 e. The van der Waals surface area contributed by atoms with Crippen LogP contribution in [0.15, 0.2) is 54.6 Å². The van der Waals surface area contributed by atoms with Gasteiger partial charge in [-0.3, -0.25) is 9.59 Å². The molecular weight excluding hydrogens is 377 g/mol. The molecular formula is C19H22BN3O6. The normalized spacial score (nSPS) is 11.1. The highest BCUT2D eigenvalue weighted by Crippen LogP contribution is 2.05. The highest BCUT2D eigenvalue weighted by molar-refractivity contribution is 6.60. The Morgan fingerprint density at radius 2 is 1.69 bits per heavy atom. The van der Waals surface area contributed by atoms with E-state index < -0.39 is 31.1 Å². The summed E-state index contributed by atoms with van der Waals surface area (Å²) < 4.78 is 4.99. The molecule has 0 bridgehead atoms. The zero-order valence-electron chi connectivity index (χ0n) is 15.8. The van der Waals surface area contributed by atoms with Crippen molar-refractivity contribution in [1.82, 2.24) is 10.6 Å². The van der Waals surface area contributed by atoms with Crippen molar-refractivity contribution in [3.05, 3.63) is 60.2 Å². The average Bonchev–Trinajstić information content (AvgIpc) is 2.71. The molecule has 0 fully saturated rings. The monoisotopic (exact) mass is 399 g/mol. The van der Waals surface area contributed by atoms with Gasteiger partial charge in [0.05, 0.1) is 0 Å². The minimum absolute atomic E-state index is 0.0726. The maximum atomic E-state index is 12.2. The Morgan fingerprint density at radius 3 is 2.38 bits per heavy atom. The van der Waals surface area contributed by atoms with Gasteiger partial charge in [-0.05, 0) is 18.6 Å². The van der Waals surface area contributed by atoms with E-state index in [2.05, 4.69) is 16.0 Å². The molecule has 0 aliphatic rings. The Hall–Kier alpha value is -3.37. The first-order chi connectivity index (χ1) is 13.9. The third kappa shape index (κ3) is 7.28. The van der Waals surface area contributed by atoms with E-state index in [9.17, 15) is 24.4 Å². The Kier molecular flexibility index (Phi) is 8.19. The molecule has 1 atom stereocenters. The second-order valence-electron chi connectivity index (χ2n) is 6.15. The molecule has 0 aromatic heterocycles. The van der Waals surface area contributed by atoms with Gasteiger partial charge in [-0.2, -0.15) is 0 Å². The fourth-order valence-corrected chi connectivity index (χ4v) is 2.36. The van der Waals surface area contributed by atoms with E-state index in [0.717, 1.165) is 5.56 Å². The van der Waals surface area contributed by atoms with E-state index >= 15 is 0 Å². The van der Waals surface area contributed by atoms with E-state index in [0.29, 0.717) is 0 Å². The van der Waals surface area contributed by atoms with Crippen LogP contribution in [0.25, 0.3) is 0 Å². The summed E-state index contributed by atoms with van der Waals surface area (Å²) >= 11 is 0. The summed E-state index contributed by atoms with van der Waals surface area (Å²) in [5.74, 6) is -1.14. The third-order valence-corrected chi connectivity index (χ3v) is 3.87. The molecule has 0 spiro atoms. The molecule has 2 rings (SSSR count). The number of anilines is 1. The molecule has 29 heavy (non-hydrogen) atoms. The number of ether oxygens (including phenoxy) is 1. The predicted octanol–water partition coefficient (Wildman–Crippen LogP) is -0.264. The number of hydrogen-bond acceptors (Lipinski definition) is 6. The van der Waals surface area contributed by atoms with E-state index in [1.165, 1.54) is 19.1 Å². The van der Waals surface area contributed by atoms with Gasteiger partial charge in [-0.1, -0.05) is 48.5 Å². The highest BCUT2D eigenvalue weighted by Gasteiger charge is 2.20. The standard InChI is InChI=1S/C19H22BN3O6/c1-13(18(25)23-16-10-6-5-9-15(16)20(27)28)22-17(24)11-21-19(26)29-12-14-7-3-2-4-8-14/h2-10,13,27-28H,11-12H2,1H3,(H,21,26)(H,22,24)(H,23,25)/t13-/m0/s1. The van der Waals surface area contributed by atoms with Crippen LogP contribution in [-0.4, -0.2) is 47.7 Å². The first kappa shape index (κ1) is 21.9. The molecule has 0 heterocycles. The van der Waals surface area contributed by atoms with Gasteiger partial charge in [0.25, 0.3) is 0 Å². The van der Waals surface area contributed by atoms with Crippen molar-refractivity contribution in [3.8, 4) is 0 Å². The fraction of sp³-hybridized carbons (Fsp3) is 0.211. The predicted molar refractivity (Wildman–Crippen MR) is 107 cm³/mol. The molecule has 152 valence electrons. The zero-order valence-corrected chi connectivity index (χ0v) is 15.8. The van der Waals surface area contributed by atoms with E-state index in [1.54, 1.807) is 24.3 Å². The SMILES string of the molecule is C[C@H](NC(=O)CNC(=O)OCc1ccccc1)C(=O)Nc1ccccc1B(O)O. The number of rotatable bonds is 8. The number of alkyl carbamates (subject to hydrolysis) is 1. The lowest BCUT2D eigenvalue weighted by molar-refractivity contribution is -0.125. The van der Waals surface area contributed by atoms with Crippen LogP contribution in [0.1, 0.15) is 12.5 Å². The Labute approximate surface area is 168 Å². The van der Waals surface area contributed by atoms with Crippen molar-refractivity contribution in [2.45, 2.75) is 19.6 Å². The van der Waals surface area contributed by atoms with Crippen LogP contribution >= 0.6 is 0 Å². The van der Waals surface area contributed by atoms with Crippen molar-refractivity contribution in [1.29, 1.82) is 0 Å². The Morgan fingerprint density at radius 1 is 1.03 bits per heavy atom. The minimum atomic E-state index is -1.75. The molecule has 0 saturated carbocycles. The van der Waals surface area contributed by atoms with E-state index in [4.69, 9.17) is 4.74 Å². The second-order valence-corrected chi connectivity index (χ2v) is 6.15. The quantitative estimate of drug-likeness (QED) is 0.388. The number of nitrogens with one attached hydrogen (secondary N) is 3. The summed E-state index contributed by atoms with van der Waals surface area (Å²) in [6, 6.07) is 14.3. The Balaban J connectivity index is 1.75. The van der Waals surface area contributed by atoms with Gasteiger partial charge in [0.2, 0.25) is 11.8 Å². The first-order valence-electron chi connectivity index (χ1n) is 8.86. The van der Waals surface area contributed by atoms with Gasteiger partial charge >= 0.3 is 13.2 Å². The summed E-state index contributed by atoms with van der Waals surface area (Å²) in [6.07, 6.45) is -0.757. The molecule has 9 nitrogen and oxygen atoms in total. The lowest BCUT2D eigenvalue weighted by Gasteiger charge is -2.16. The van der Waals surface area contributed by atoms with Crippen LogP contribution < -0.4 is 21.4 Å². The maximum Gasteiger partial charge on any atom is 0.490 e. The van der Waals surface area contributed by atoms with Crippen molar-refractivity contribution in [2.75, 3.05) is 11.9 Å². The van der Waals surface area contributed by atoms with Gasteiger partial charge in [-0.15, -0.1) is 0 Å². The van der Waals surface area contributed by atoms with Crippen molar-refractivity contribution in [2.24, 2.45) is 0 Å². The number of para-hydroxylation sites is 1.